The molecule has 5 nitrogen and oxygen atoms in total. The molecule has 0 aliphatic carbocycles. The largest absolute Gasteiger partial charge is 0.379 e. The number of amides is 1. The molecule has 1 N–H and O–H groups in total. The lowest BCUT2D eigenvalue weighted by molar-refractivity contribution is -0.156. The summed E-state index contributed by atoms with van der Waals surface area (Å²) in [6.45, 7) is 3.44. The van der Waals surface area contributed by atoms with Crippen molar-refractivity contribution in [3.63, 3.8) is 0 Å². The summed E-state index contributed by atoms with van der Waals surface area (Å²) in [7, 11) is 0. The summed E-state index contributed by atoms with van der Waals surface area (Å²) in [5.41, 5.74) is 0.430. The number of carbonyl (C=O) groups is 1. The third-order valence-corrected chi connectivity index (χ3v) is 4.80. The van der Waals surface area contributed by atoms with Gasteiger partial charge >= 0.3 is 0 Å². The molecule has 1 amide bonds. The average Bonchev–Trinajstić information content (AvgIpc) is 3.08. The molecule has 0 spiro atoms. The van der Waals surface area contributed by atoms with Crippen molar-refractivity contribution in [3.8, 4) is 6.07 Å². The van der Waals surface area contributed by atoms with Gasteiger partial charge in [0.15, 0.2) is 5.60 Å². The summed E-state index contributed by atoms with van der Waals surface area (Å²) in [5.74, 6) is -0.106. The number of hydrogen-bond donors (Lipinski definition) is 1. The van der Waals surface area contributed by atoms with E-state index in [4.69, 9.17) is 5.26 Å². The second kappa shape index (κ2) is 6.69. The number of carbonyl (C=O) groups excluding carboxylic acids is 1. The van der Waals surface area contributed by atoms with E-state index in [0.717, 1.165) is 44.5 Å². The van der Waals surface area contributed by atoms with Crippen molar-refractivity contribution in [1.82, 2.24) is 9.80 Å². The Kier molecular flexibility index (Phi) is 4.65. The van der Waals surface area contributed by atoms with Crippen molar-refractivity contribution < 1.29 is 9.90 Å². The highest BCUT2D eigenvalue weighted by Gasteiger charge is 2.43. The molecule has 1 unspecified atom stereocenters. The molecule has 1 aromatic rings. The molecule has 2 aliphatic rings. The SMILES string of the molecule is N#Cc1cccc(CN2CCCC(O)(C(=O)N3CCCC3)C2)c1. The average molecular weight is 313 g/mol. The molecule has 5 heteroatoms. The molecule has 2 saturated heterocycles. The first-order chi connectivity index (χ1) is 11.1. The van der Waals surface area contributed by atoms with Gasteiger partial charge in [0.1, 0.15) is 0 Å². The van der Waals surface area contributed by atoms with Crippen LogP contribution < -0.4 is 0 Å². The standard InChI is InChI=1S/C18H23N3O2/c19-12-15-5-3-6-16(11-15)13-20-8-4-7-18(23,14-20)17(22)21-9-1-2-10-21/h3,5-6,11,23H,1-2,4,7-10,13-14H2. The van der Waals surface area contributed by atoms with E-state index in [1.54, 1.807) is 11.0 Å². The molecule has 23 heavy (non-hydrogen) atoms. The van der Waals surface area contributed by atoms with E-state index in [0.29, 0.717) is 25.1 Å². The van der Waals surface area contributed by atoms with Crippen LogP contribution in [0.15, 0.2) is 24.3 Å². The number of hydrogen-bond acceptors (Lipinski definition) is 4. The Morgan fingerprint density at radius 1 is 1.26 bits per heavy atom. The Bertz CT molecular complexity index is 619. The Morgan fingerprint density at radius 2 is 2.04 bits per heavy atom. The highest BCUT2D eigenvalue weighted by Crippen LogP contribution is 2.26. The van der Waals surface area contributed by atoms with E-state index in [2.05, 4.69) is 11.0 Å². The number of nitriles is 1. The number of rotatable bonds is 3. The van der Waals surface area contributed by atoms with Gasteiger partial charge in [-0.1, -0.05) is 12.1 Å². The Balaban J connectivity index is 1.67. The zero-order valence-corrected chi connectivity index (χ0v) is 13.4. The van der Waals surface area contributed by atoms with Gasteiger partial charge in [0, 0.05) is 26.2 Å². The van der Waals surface area contributed by atoms with Crippen molar-refractivity contribution in [2.45, 2.75) is 37.8 Å². The fourth-order valence-corrected chi connectivity index (χ4v) is 3.64. The molecule has 2 aliphatic heterocycles. The van der Waals surface area contributed by atoms with Crippen LogP contribution in [0.2, 0.25) is 0 Å². The maximum Gasteiger partial charge on any atom is 0.255 e. The highest BCUT2D eigenvalue weighted by atomic mass is 16.3. The molecule has 3 rings (SSSR count). The minimum absolute atomic E-state index is 0.106. The van der Waals surface area contributed by atoms with E-state index < -0.39 is 5.60 Å². The first-order valence-electron chi connectivity index (χ1n) is 8.34. The molecule has 0 radical (unpaired) electrons. The minimum Gasteiger partial charge on any atom is -0.379 e. The van der Waals surface area contributed by atoms with Gasteiger partial charge in [-0.25, -0.2) is 0 Å². The topological polar surface area (TPSA) is 67.6 Å². The summed E-state index contributed by atoms with van der Waals surface area (Å²) >= 11 is 0. The molecular weight excluding hydrogens is 290 g/mol. The fourth-order valence-electron chi connectivity index (χ4n) is 3.64. The van der Waals surface area contributed by atoms with Crippen LogP contribution in [0.3, 0.4) is 0 Å². The van der Waals surface area contributed by atoms with E-state index in [9.17, 15) is 9.90 Å². The van der Waals surface area contributed by atoms with Gasteiger partial charge in [-0.3, -0.25) is 9.69 Å². The van der Waals surface area contributed by atoms with Gasteiger partial charge in [-0.2, -0.15) is 5.26 Å². The quantitative estimate of drug-likeness (QED) is 0.918. The van der Waals surface area contributed by atoms with E-state index in [-0.39, 0.29) is 5.91 Å². The summed E-state index contributed by atoms with van der Waals surface area (Å²) in [4.78, 5) is 16.6. The molecule has 122 valence electrons. The number of aliphatic hydroxyl groups is 1. The van der Waals surface area contributed by atoms with Crippen molar-refractivity contribution in [3.05, 3.63) is 35.4 Å². The lowest BCUT2D eigenvalue weighted by Crippen LogP contribution is -2.57. The highest BCUT2D eigenvalue weighted by molar-refractivity contribution is 5.85. The smallest absolute Gasteiger partial charge is 0.255 e. The van der Waals surface area contributed by atoms with Gasteiger partial charge in [0.05, 0.1) is 11.6 Å². The van der Waals surface area contributed by atoms with Crippen LogP contribution in [0.1, 0.15) is 36.8 Å². The van der Waals surface area contributed by atoms with E-state index >= 15 is 0 Å². The summed E-state index contributed by atoms with van der Waals surface area (Å²) in [6, 6.07) is 9.66. The van der Waals surface area contributed by atoms with Crippen LogP contribution >= 0.6 is 0 Å². The molecule has 1 atom stereocenters. The normalized spacial score (nSPS) is 25.3. The monoisotopic (exact) mass is 313 g/mol. The maximum absolute atomic E-state index is 12.6. The van der Waals surface area contributed by atoms with Crippen LogP contribution in [0.5, 0.6) is 0 Å². The Hall–Kier alpha value is -1.90. The van der Waals surface area contributed by atoms with Gasteiger partial charge in [-0.15, -0.1) is 0 Å². The third-order valence-electron chi connectivity index (χ3n) is 4.80. The van der Waals surface area contributed by atoms with Crippen LogP contribution in [-0.4, -0.2) is 52.6 Å². The summed E-state index contributed by atoms with van der Waals surface area (Å²) in [5, 5.41) is 19.9. The molecular formula is C18H23N3O2. The molecule has 2 fully saturated rings. The van der Waals surface area contributed by atoms with Crippen molar-refractivity contribution >= 4 is 5.91 Å². The van der Waals surface area contributed by atoms with Gasteiger partial charge in [0.2, 0.25) is 0 Å². The fraction of sp³-hybridized carbons (Fsp3) is 0.556. The first-order valence-corrected chi connectivity index (χ1v) is 8.34. The van der Waals surface area contributed by atoms with Crippen molar-refractivity contribution in [2.75, 3.05) is 26.2 Å². The van der Waals surface area contributed by atoms with Crippen LogP contribution in [0, 0.1) is 11.3 Å². The number of nitrogens with zero attached hydrogens (tertiary/aromatic N) is 3. The number of likely N-dealkylation sites (tertiary alicyclic amines) is 2. The molecule has 2 heterocycles. The van der Waals surface area contributed by atoms with Crippen LogP contribution in [0.4, 0.5) is 0 Å². The van der Waals surface area contributed by atoms with Crippen LogP contribution in [-0.2, 0) is 11.3 Å². The zero-order valence-electron chi connectivity index (χ0n) is 13.4. The van der Waals surface area contributed by atoms with E-state index in [1.165, 1.54) is 0 Å². The van der Waals surface area contributed by atoms with Crippen LogP contribution in [0.25, 0.3) is 0 Å². The van der Waals surface area contributed by atoms with Crippen molar-refractivity contribution in [1.29, 1.82) is 5.26 Å². The molecule has 0 bridgehead atoms. The molecule has 0 aromatic heterocycles. The zero-order chi connectivity index (χ0) is 16.3. The number of piperidine rings is 1. The predicted octanol–water partition coefficient (Wildman–Crippen LogP) is 1.51. The second-order valence-electron chi connectivity index (χ2n) is 6.66. The summed E-state index contributed by atoms with van der Waals surface area (Å²) in [6.07, 6.45) is 3.42. The molecule has 1 aromatic carbocycles. The molecule has 0 saturated carbocycles. The Labute approximate surface area is 137 Å². The predicted molar refractivity (Wildman–Crippen MR) is 86.4 cm³/mol. The first kappa shape index (κ1) is 16.0. The van der Waals surface area contributed by atoms with Crippen molar-refractivity contribution in [2.24, 2.45) is 0 Å². The number of β-amino-alcohol motifs (C(OH)–C–C–N with tert-alkyl or cyclic N) is 1. The summed E-state index contributed by atoms with van der Waals surface area (Å²) < 4.78 is 0. The lowest BCUT2D eigenvalue weighted by Gasteiger charge is -2.40. The second-order valence-corrected chi connectivity index (χ2v) is 6.66. The number of benzene rings is 1. The maximum atomic E-state index is 12.6. The van der Waals surface area contributed by atoms with Gasteiger partial charge < -0.3 is 10.0 Å². The van der Waals surface area contributed by atoms with E-state index in [1.807, 2.05) is 18.2 Å². The van der Waals surface area contributed by atoms with Gasteiger partial charge in [-0.05, 0) is 49.9 Å². The minimum atomic E-state index is -1.25. The Morgan fingerprint density at radius 3 is 2.78 bits per heavy atom. The third kappa shape index (κ3) is 3.54. The van der Waals surface area contributed by atoms with Gasteiger partial charge in [0.25, 0.3) is 5.91 Å². The lowest BCUT2D eigenvalue weighted by atomic mass is 9.91.